The van der Waals surface area contributed by atoms with Crippen LogP contribution in [0.3, 0.4) is 0 Å². The van der Waals surface area contributed by atoms with Crippen LogP contribution in [0.15, 0.2) is 0 Å². The van der Waals surface area contributed by atoms with Crippen molar-refractivity contribution >= 4 is 17.9 Å². The summed E-state index contributed by atoms with van der Waals surface area (Å²) in [6.07, 6.45) is 2.52. The summed E-state index contributed by atoms with van der Waals surface area (Å²) < 4.78 is 16.6. The van der Waals surface area contributed by atoms with Gasteiger partial charge in [0.25, 0.3) is 0 Å². The van der Waals surface area contributed by atoms with E-state index in [9.17, 15) is 19.5 Å². The molecule has 0 unspecified atom stereocenters. The highest BCUT2D eigenvalue weighted by Crippen LogP contribution is 2.34. The van der Waals surface area contributed by atoms with Gasteiger partial charge in [-0.2, -0.15) is 0 Å². The minimum Gasteiger partial charge on any atom is -0.465 e. The second kappa shape index (κ2) is 19.7. The summed E-state index contributed by atoms with van der Waals surface area (Å²) >= 11 is 0. The summed E-state index contributed by atoms with van der Waals surface area (Å²) in [5, 5.41) is 9.59. The Kier molecular flexibility index (Phi) is 19.0. The minimum atomic E-state index is -0.261. The van der Waals surface area contributed by atoms with E-state index >= 15 is 0 Å². The van der Waals surface area contributed by atoms with Crippen molar-refractivity contribution in [2.45, 2.75) is 115 Å². The highest BCUT2D eigenvalue weighted by Gasteiger charge is 2.28. The lowest BCUT2D eigenvalue weighted by Crippen LogP contribution is -2.39. The molecule has 0 spiro atoms. The Morgan fingerprint density at radius 2 is 0.909 bits per heavy atom. The van der Waals surface area contributed by atoms with Crippen LogP contribution in [-0.4, -0.2) is 98.5 Å². The average molecular weight is 629 g/mol. The number of ether oxygens (including phenoxy) is 3. The third kappa shape index (κ3) is 24.6. The Morgan fingerprint density at radius 1 is 0.568 bits per heavy atom. The Hall–Kier alpha value is -1.71. The van der Waals surface area contributed by atoms with Crippen molar-refractivity contribution in [3.8, 4) is 0 Å². The van der Waals surface area contributed by atoms with E-state index in [1.54, 1.807) is 0 Å². The lowest BCUT2D eigenvalue weighted by atomic mass is 9.77. The van der Waals surface area contributed by atoms with Crippen LogP contribution in [0.5, 0.6) is 0 Å². The predicted molar refractivity (Wildman–Crippen MR) is 177 cm³/mol. The molecule has 0 saturated heterocycles. The maximum atomic E-state index is 12.7. The molecule has 0 aliphatic rings. The van der Waals surface area contributed by atoms with Gasteiger partial charge in [0.05, 0.1) is 45.7 Å². The van der Waals surface area contributed by atoms with Crippen molar-refractivity contribution in [1.29, 1.82) is 0 Å². The van der Waals surface area contributed by atoms with Gasteiger partial charge in [0, 0.05) is 39.3 Å². The summed E-state index contributed by atoms with van der Waals surface area (Å²) in [6, 6.07) is 0. The molecule has 9 nitrogen and oxygen atoms in total. The maximum absolute atomic E-state index is 12.7. The highest BCUT2D eigenvalue weighted by molar-refractivity contribution is 5.70. The van der Waals surface area contributed by atoms with E-state index in [0.29, 0.717) is 59.1 Å². The van der Waals surface area contributed by atoms with Gasteiger partial charge < -0.3 is 24.2 Å². The van der Waals surface area contributed by atoms with E-state index in [1.165, 1.54) is 0 Å². The first-order valence-corrected chi connectivity index (χ1v) is 16.5. The molecule has 0 aromatic rings. The maximum Gasteiger partial charge on any atom is 0.307 e. The van der Waals surface area contributed by atoms with Crippen LogP contribution in [-0.2, 0) is 28.6 Å². The second-order valence-corrected chi connectivity index (χ2v) is 16.9. The predicted octanol–water partition coefficient (Wildman–Crippen LogP) is 5.96. The smallest absolute Gasteiger partial charge is 0.307 e. The van der Waals surface area contributed by atoms with Crippen LogP contribution in [0.4, 0.5) is 0 Å². The summed E-state index contributed by atoms with van der Waals surface area (Å²) in [7, 11) is 0. The van der Waals surface area contributed by atoms with E-state index in [-0.39, 0.29) is 71.4 Å². The molecule has 44 heavy (non-hydrogen) atoms. The van der Waals surface area contributed by atoms with Crippen molar-refractivity contribution in [2.75, 3.05) is 65.7 Å². The highest BCUT2D eigenvalue weighted by atomic mass is 16.5. The fourth-order valence-corrected chi connectivity index (χ4v) is 5.84. The first-order valence-electron chi connectivity index (χ1n) is 16.5. The van der Waals surface area contributed by atoms with Gasteiger partial charge in [-0.05, 0) is 40.4 Å². The fraction of sp³-hybridized carbons (Fsp3) is 0.914. The Balaban J connectivity index is 5.20. The number of carbonyl (C=O) groups excluding carboxylic acids is 3. The molecule has 0 saturated carbocycles. The van der Waals surface area contributed by atoms with Crippen molar-refractivity contribution in [3.63, 3.8) is 0 Å². The van der Waals surface area contributed by atoms with Gasteiger partial charge in [0.1, 0.15) is 0 Å². The van der Waals surface area contributed by atoms with Gasteiger partial charge in [0.2, 0.25) is 0 Å². The quantitative estimate of drug-likeness (QED) is 0.115. The first-order chi connectivity index (χ1) is 20.0. The van der Waals surface area contributed by atoms with E-state index in [0.717, 1.165) is 12.8 Å². The molecule has 0 aliphatic carbocycles. The van der Waals surface area contributed by atoms with Gasteiger partial charge in [-0.15, -0.1) is 0 Å². The number of carbonyl (C=O) groups is 3. The SMILES string of the molecule is CC(C)COC(=O)CCN(CCO)CCN(CCC(=O)OCC(C)(C)CC(C)(C)C)CCC(=O)OCC(C)(C)CC(C)(C)C. The molecular weight excluding hydrogens is 560 g/mol. The number of esters is 3. The molecule has 260 valence electrons. The number of hydrogen-bond acceptors (Lipinski definition) is 9. The summed E-state index contributed by atoms with van der Waals surface area (Å²) in [5.74, 6) is -0.506. The van der Waals surface area contributed by atoms with Crippen molar-refractivity contribution < 1.29 is 33.7 Å². The third-order valence-corrected chi connectivity index (χ3v) is 6.89. The normalized spacial score (nSPS) is 13.1. The van der Waals surface area contributed by atoms with E-state index in [4.69, 9.17) is 14.2 Å². The monoisotopic (exact) mass is 629 g/mol. The molecule has 0 rings (SSSR count). The van der Waals surface area contributed by atoms with Gasteiger partial charge >= 0.3 is 17.9 Å². The van der Waals surface area contributed by atoms with Gasteiger partial charge in [-0.25, -0.2) is 0 Å². The van der Waals surface area contributed by atoms with Crippen LogP contribution in [0, 0.1) is 27.6 Å². The van der Waals surface area contributed by atoms with E-state index in [1.807, 2.05) is 18.7 Å². The Bertz CT molecular complexity index is 793. The zero-order valence-corrected chi connectivity index (χ0v) is 30.5. The van der Waals surface area contributed by atoms with Gasteiger partial charge in [0.15, 0.2) is 0 Å². The van der Waals surface area contributed by atoms with Crippen LogP contribution in [0.1, 0.15) is 115 Å². The largest absolute Gasteiger partial charge is 0.465 e. The van der Waals surface area contributed by atoms with Crippen LogP contribution in [0.25, 0.3) is 0 Å². The van der Waals surface area contributed by atoms with Crippen molar-refractivity contribution in [3.05, 3.63) is 0 Å². The Labute approximate surface area is 269 Å². The second-order valence-electron chi connectivity index (χ2n) is 16.9. The Morgan fingerprint density at radius 3 is 1.23 bits per heavy atom. The standard InChI is InChI=1S/C35H68N2O7/c1-28(2)23-42-29(39)13-18-37(21-22-38)20-19-36(16-14-30(40)43-26-34(9,10)24-32(3,4)5)17-15-31(41)44-27-35(11,12)25-33(6,7)8/h28,38H,13-27H2,1-12H3. The van der Waals surface area contributed by atoms with Crippen LogP contribution < -0.4 is 0 Å². The molecule has 9 heteroatoms. The molecule has 1 N–H and O–H groups in total. The number of aliphatic hydroxyl groups excluding tert-OH is 1. The molecule has 0 aromatic carbocycles. The topological polar surface area (TPSA) is 106 Å². The average Bonchev–Trinajstić information content (AvgIpc) is 2.84. The van der Waals surface area contributed by atoms with Crippen molar-refractivity contribution in [2.24, 2.45) is 27.6 Å². The molecule has 0 aromatic heterocycles. The van der Waals surface area contributed by atoms with Gasteiger partial charge in [-0.3, -0.25) is 19.3 Å². The zero-order valence-electron chi connectivity index (χ0n) is 30.5. The first kappa shape index (κ1) is 42.3. The van der Waals surface area contributed by atoms with Gasteiger partial charge in [-0.1, -0.05) is 83.1 Å². The fourth-order valence-electron chi connectivity index (χ4n) is 5.84. The zero-order chi connectivity index (χ0) is 34.2. The van der Waals surface area contributed by atoms with E-state index < -0.39 is 0 Å². The molecule has 0 heterocycles. The summed E-state index contributed by atoms with van der Waals surface area (Å²) in [5.41, 5.74) is 0.0161. The molecule has 0 radical (unpaired) electrons. The number of rotatable bonds is 22. The lowest BCUT2D eigenvalue weighted by Gasteiger charge is -2.32. The molecule has 0 aliphatic heterocycles. The molecule has 0 bridgehead atoms. The van der Waals surface area contributed by atoms with Crippen LogP contribution >= 0.6 is 0 Å². The minimum absolute atomic E-state index is 0.0333. The number of hydrogen-bond donors (Lipinski definition) is 1. The summed E-state index contributed by atoms with van der Waals surface area (Å²) in [4.78, 5) is 41.6. The third-order valence-electron chi connectivity index (χ3n) is 6.89. The molecular formula is C35H68N2O7. The van der Waals surface area contributed by atoms with Crippen LogP contribution in [0.2, 0.25) is 0 Å². The van der Waals surface area contributed by atoms with Crippen molar-refractivity contribution in [1.82, 2.24) is 9.80 Å². The molecule has 0 amide bonds. The lowest BCUT2D eigenvalue weighted by molar-refractivity contribution is -0.148. The number of nitrogens with zero attached hydrogens (tertiary/aromatic N) is 2. The van der Waals surface area contributed by atoms with E-state index in [2.05, 4.69) is 74.1 Å². The number of aliphatic hydroxyl groups is 1. The molecule has 0 atom stereocenters. The molecule has 0 fully saturated rings. The summed E-state index contributed by atoms with van der Waals surface area (Å²) in [6.45, 7) is 29.5.